The Bertz CT molecular complexity index is 846. The molecule has 1 aromatic carbocycles. The zero-order valence-electron chi connectivity index (χ0n) is 13.8. The normalized spacial score (nSPS) is 15.0. The van der Waals surface area contributed by atoms with Crippen LogP contribution in [0.5, 0.6) is 0 Å². The molecule has 0 amide bonds. The fourth-order valence-electron chi connectivity index (χ4n) is 2.92. The summed E-state index contributed by atoms with van der Waals surface area (Å²) in [6.45, 7) is 2.52. The molecule has 8 heteroatoms. The van der Waals surface area contributed by atoms with Crippen molar-refractivity contribution in [2.24, 2.45) is 0 Å². The molecule has 0 bridgehead atoms. The van der Waals surface area contributed by atoms with Crippen LogP contribution in [0.1, 0.15) is 17.8 Å². The summed E-state index contributed by atoms with van der Waals surface area (Å²) in [5.41, 5.74) is 1.78. The maximum absolute atomic E-state index is 12.4. The molecule has 1 aromatic heterocycles. The fraction of sp³-hybridized carbons (Fsp3) is 0.412. The number of aliphatic carboxylic acids is 1. The highest BCUT2D eigenvalue weighted by Crippen LogP contribution is 2.16. The predicted octanol–water partition coefficient (Wildman–Crippen LogP) is 1.19. The summed E-state index contributed by atoms with van der Waals surface area (Å²) < 4.78 is 26.6. The van der Waals surface area contributed by atoms with Crippen LogP contribution < -0.4 is 0 Å². The lowest BCUT2D eigenvalue weighted by Crippen LogP contribution is -2.36. The molecule has 0 atom stereocenters. The van der Waals surface area contributed by atoms with Crippen molar-refractivity contribution in [2.45, 2.75) is 30.8 Å². The van der Waals surface area contributed by atoms with E-state index in [-0.39, 0.29) is 12.2 Å². The van der Waals surface area contributed by atoms with Gasteiger partial charge in [0.1, 0.15) is 0 Å². The number of carbonyl (C=O) groups is 1. The Labute approximate surface area is 146 Å². The van der Waals surface area contributed by atoms with Crippen LogP contribution in [0.2, 0.25) is 0 Å². The van der Waals surface area contributed by atoms with Gasteiger partial charge in [0, 0.05) is 26.1 Å². The Morgan fingerprint density at radius 1 is 1.20 bits per heavy atom. The monoisotopic (exact) mass is 363 g/mol. The molecule has 0 aliphatic carbocycles. The Hall–Kier alpha value is -2.19. The van der Waals surface area contributed by atoms with Crippen molar-refractivity contribution in [2.75, 3.05) is 18.8 Å². The number of rotatable bonds is 7. The molecule has 1 N–H and O–H groups in total. The van der Waals surface area contributed by atoms with Gasteiger partial charge in [0.2, 0.25) is 0 Å². The molecule has 0 unspecified atom stereocenters. The van der Waals surface area contributed by atoms with Gasteiger partial charge in [-0.05, 0) is 18.2 Å². The van der Waals surface area contributed by atoms with Gasteiger partial charge in [0.15, 0.2) is 9.84 Å². The second kappa shape index (κ2) is 7.37. The Kier molecular flexibility index (Phi) is 5.19. The molecule has 2 aromatic rings. The fourth-order valence-corrected chi connectivity index (χ4v) is 4.23. The topological polar surface area (TPSA) is 92.5 Å². The number of carboxylic acids is 1. The average Bonchev–Trinajstić information content (AvgIpc) is 3.01. The van der Waals surface area contributed by atoms with Gasteiger partial charge in [-0.2, -0.15) is 5.10 Å². The number of hydrogen-bond acceptors (Lipinski definition) is 5. The molecule has 0 radical (unpaired) electrons. The predicted molar refractivity (Wildman–Crippen MR) is 92.0 cm³/mol. The molecular formula is C17H21N3O4S. The van der Waals surface area contributed by atoms with Crippen LogP contribution in [0.25, 0.3) is 0 Å². The maximum Gasteiger partial charge on any atom is 0.303 e. The molecule has 3 rings (SSSR count). The molecule has 2 heterocycles. The maximum atomic E-state index is 12.4. The van der Waals surface area contributed by atoms with Crippen molar-refractivity contribution >= 4 is 15.8 Å². The van der Waals surface area contributed by atoms with Crippen molar-refractivity contribution in [1.82, 2.24) is 14.7 Å². The molecule has 1 aliphatic rings. The number of sulfone groups is 1. The van der Waals surface area contributed by atoms with E-state index in [1.165, 1.54) is 0 Å². The number of carboxylic acid groups (broad SMARTS) is 1. The van der Waals surface area contributed by atoms with Gasteiger partial charge < -0.3 is 5.11 Å². The van der Waals surface area contributed by atoms with Crippen LogP contribution in [-0.2, 0) is 34.1 Å². The third-order valence-electron chi connectivity index (χ3n) is 4.30. The van der Waals surface area contributed by atoms with E-state index in [2.05, 4.69) is 10.00 Å². The van der Waals surface area contributed by atoms with Gasteiger partial charge in [-0.15, -0.1) is 0 Å². The summed E-state index contributed by atoms with van der Waals surface area (Å²) in [5, 5.41) is 13.2. The minimum atomic E-state index is -3.28. The van der Waals surface area contributed by atoms with E-state index in [0.717, 1.165) is 17.9 Å². The zero-order chi connectivity index (χ0) is 17.9. The average molecular weight is 363 g/mol. The zero-order valence-corrected chi connectivity index (χ0v) is 14.7. The number of aromatic nitrogens is 2. The highest BCUT2D eigenvalue weighted by Gasteiger charge is 2.21. The third-order valence-corrected chi connectivity index (χ3v) is 6.01. The van der Waals surface area contributed by atoms with Crippen LogP contribution in [0.15, 0.2) is 41.3 Å². The van der Waals surface area contributed by atoms with Gasteiger partial charge in [-0.3, -0.25) is 14.4 Å². The Morgan fingerprint density at radius 3 is 2.68 bits per heavy atom. The van der Waals surface area contributed by atoms with Gasteiger partial charge in [-0.1, -0.05) is 18.2 Å². The first-order valence-electron chi connectivity index (χ1n) is 8.21. The lowest BCUT2D eigenvalue weighted by molar-refractivity contribution is -0.136. The molecule has 0 saturated carbocycles. The quantitative estimate of drug-likeness (QED) is 0.794. The number of fused-ring (bicyclic) bond motifs is 1. The number of nitrogens with zero attached hydrogens (tertiary/aromatic N) is 3. The highest BCUT2D eigenvalue weighted by atomic mass is 32.2. The molecular weight excluding hydrogens is 342 g/mol. The summed E-state index contributed by atoms with van der Waals surface area (Å²) in [6, 6.07) is 10.4. The molecule has 0 saturated heterocycles. The van der Waals surface area contributed by atoms with Gasteiger partial charge in [0.05, 0.1) is 35.0 Å². The highest BCUT2D eigenvalue weighted by molar-refractivity contribution is 7.91. The summed E-state index contributed by atoms with van der Waals surface area (Å²) in [5.74, 6) is -0.754. The first-order valence-corrected chi connectivity index (χ1v) is 9.87. The van der Waals surface area contributed by atoms with Crippen molar-refractivity contribution in [1.29, 1.82) is 0 Å². The van der Waals surface area contributed by atoms with Gasteiger partial charge in [-0.25, -0.2) is 8.42 Å². The van der Waals surface area contributed by atoms with Crippen LogP contribution >= 0.6 is 0 Å². The Morgan fingerprint density at radius 2 is 1.96 bits per heavy atom. The minimum Gasteiger partial charge on any atom is -0.481 e. The van der Waals surface area contributed by atoms with E-state index in [1.54, 1.807) is 30.3 Å². The molecule has 134 valence electrons. The summed E-state index contributed by atoms with van der Waals surface area (Å²) in [4.78, 5) is 13.1. The van der Waals surface area contributed by atoms with E-state index in [0.29, 0.717) is 31.0 Å². The minimum absolute atomic E-state index is 0.0650. The molecule has 0 spiro atoms. The summed E-state index contributed by atoms with van der Waals surface area (Å²) >= 11 is 0. The smallest absolute Gasteiger partial charge is 0.303 e. The third kappa shape index (κ3) is 4.46. The number of hydrogen-bond donors (Lipinski definition) is 1. The van der Waals surface area contributed by atoms with E-state index in [1.807, 2.05) is 10.7 Å². The first kappa shape index (κ1) is 17.6. The van der Waals surface area contributed by atoms with Crippen LogP contribution in [0, 0.1) is 0 Å². The largest absolute Gasteiger partial charge is 0.481 e. The molecule has 0 fully saturated rings. The summed E-state index contributed by atoms with van der Waals surface area (Å²) in [6.07, 6.45) is 0.479. The second-order valence-corrected chi connectivity index (χ2v) is 8.26. The van der Waals surface area contributed by atoms with Crippen molar-refractivity contribution in [3.63, 3.8) is 0 Å². The van der Waals surface area contributed by atoms with Crippen LogP contribution in [0.4, 0.5) is 0 Å². The number of benzene rings is 1. The van der Waals surface area contributed by atoms with Crippen LogP contribution in [-0.4, -0.2) is 53.0 Å². The standard InChI is InChI=1S/C17H21N3O4S/c21-17(22)7-6-14-12-15-13-19(8-9-20(15)18-14)10-11-25(23,24)16-4-2-1-3-5-16/h1-5,12H,6-11,13H2,(H,21,22). The summed E-state index contributed by atoms with van der Waals surface area (Å²) in [7, 11) is -3.28. The van der Waals surface area contributed by atoms with E-state index in [9.17, 15) is 13.2 Å². The lowest BCUT2D eigenvalue weighted by Gasteiger charge is -2.27. The van der Waals surface area contributed by atoms with E-state index >= 15 is 0 Å². The SMILES string of the molecule is O=C(O)CCc1cc2n(n1)CCN(CCS(=O)(=O)c1ccccc1)C2. The van der Waals surface area contributed by atoms with E-state index in [4.69, 9.17) is 5.11 Å². The van der Waals surface area contributed by atoms with Crippen molar-refractivity contribution in [3.8, 4) is 0 Å². The van der Waals surface area contributed by atoms with Crippen LogP contribution in [0.3, 0.4) is 0 Å². The van der Waals surface area contributed by atoms with Gasteiger partial charge >= 0.3 is 5.97 Å². The van der Waals surface area contributed by atoms with Crippen molar-refractivity contribution < 1.29 is 18.3 Å². The van der Waals surface area contributed by atoms with E-state index < -0.39 is 15.8 Å². The first-order chi connectivity index (χ1) is 11.9. The second-order valence-electron chi connectivity index (χ2n) is 6.15. The Balaban J connectivity index is 1.59. The van der Waals surface area contributed by atoms with Gasteiger partial charge in [0.25, 0.3) is 0 Å². The lowest BCUT2D eigenvalue weighted by atomic mass is 10.2. The molecule has 1 aliphatic heterocycles. The number of aryl methyl sites for hydroxylation is 1. The molecule has 7 nitrogen and oxygen atoms in total. The molecule has 25 heavy (non-hydrogen) atoms. The van der Waals surface area contributed by atoms with Crippen molar-refractivity contribution in [3.05, 3.63) is 47.8 Å².